The van der Waals surface area contributed by atoms with E-state index in [4.69, 9.17) is 43.4 Å². The Morgan fingerprint density at radius 3 is 0.610 bits per heavy atom. The molecular weight excluding hydrogens is 643 g/mol. The first-order valence-corrected chi connectivity index (χ1v) is 10.9. The van der Waals surface area contributed by atoms with Gasteiger partial charge in [0.25, 0.3) is 0 Å². The molecule has 21 heteroatoms. The van der Waals surface area contributed by atoms with E-state index >= 15 is 0 Å². The van der Waals surface area contributed by atoms with Gasteiger partial charge >= 0.3 is 50.1 Å². The molecule has 41 heavy (non-hydrogen) atoms. The zero-order chi connectivity index (χ0) is 32.6. The maximum Gasteiger partial charge on any atom is 4.00 e. The summed E-state index contributed by atoms with van der Waals surface area (Å²) in [6.45, 7) is 0. The molecule has 0 aliphatic heterocycles. The molecule has 0 bridgehead atoms. The van der Waals surface area contributed by atoms with Crippen molar-refractivity contribution < 1.29 is 105 Å². The van der Waals surface area contributed by atoms with Gasteiger partial charge in [0.1, 0.15) is 0 Å². The van der Waals surface area contributed by atoms with Crippen molar-refractivity contribution in [1.82, 2.24) is 0 Å². The first kappa shape index (κ1) is 47.3. The number of carbonyl (C=O) groups is 8. The molecule has 0 aromatic rings. The average molecular weight is 676 g/mol. The van der Waals surface area contributed by atoms with Gasteiger partial charge in [0.2, 0.25) is 0 Å². The van der Waals surface area contributed by atoms with E-state index in [-0.39, 0.29) is 77.6 Å². The zero-order valence-electron chi connectivity index (χ0n) is 21.5. The van der Waals surface area contributed by atoms with Crippen molar-refractivity contribution in [3.05, 3.63) is 0 Å². The largest absolute Gasteiger partial charge is 4.00 e. The van der Waals surface area contributed by atoms with E-state index in [9.17, 15) is 58.8 Å². The van der Waals surface area contributed by atoms with Crippen molar-refractivity contribution in [2.45, 2.75) is 75.5 Å². The quantitative estimate of drug-likeness (QED) is 0.0752. The van der Waals surface area contributed by atoms with Gasteiger partial charge in [0.15, 0.2) is 0 Å². The molecule has 0 aliphatic rings. The minimum atomic E-state index is -1.42. The van der Waals surface area contributed by atoms with Gasteiger partial charge < -0.3 is 83.0 Å². The summed E-state index contributed by atoms with van der Waals surface area (Å²) >= 11 is 0. The van der Waals surface area contributed by atoms with E-state index in [0.29, 0.717) is 0 Å². The van der Waals surface area contributed by atoms with Crippen LogP contribution in [0, 0.1) is 0 Å². The predicted molar refractivity (Wildman–Crippen MR) is 119 cm³/mol. The summed E-state index contributed by atoms with van der Waals surface area (Å²) in [4.78, 5) is 79.0. The van der Waals surface area contributed by atoms with Crippen LogP contribution in [0.3, 0.4) is 0 Å². The fourth-order valence-corrected chi connectivity index (χ4v) is 1.59. The van der Waals surface area contributed by atoms with Crippen LogP contribution in [0.5, 0.6) is 0 Å². The van der Waals surface area contributed by atoms with Crippen LogP contribution in [0.1, 0.15) is 51.4 Å². The van der Waals surface area contributed by atoms with Crippen molar-refractivity contribution in [1.29, 1.82) is 0 Å². The predicted octanol–water partition coefficient (Wildman–Crippen LogP) is -8.29. The molecule has 0 rings (SSSR count). The van der Waals surface area contributed by atoms with Crippen LogP contribution >= 0.6 is 0 Å². The third kappa shape index (κ3) is 41.1. The van der Waals surface area contributed by atoms with Crippen LogP contribution in [0.2, 0.25) is 0 Å². The molecule has 0 amide bonds. The number of aliphatic carboxylic acids is 8. The fourth-order valence-electron chi connectivity index (χ4n) is 1.59. The second-order valence-electron chi connectivity index (χ2n) is 7.43. The third-order valence-electron chi connectivity index (χ3n) is 3.89. The zero-order valence-corrected chi connectivity index (χ0v) is 23.9. The summed E-state index contributed by atoms with van der Waals surface area (Å²) in [5.74, 6) is -9.90. The van der Waals surface area contributed by atoms with Crippen LogP contribution < -0.4 is 43.4 Å². The minimum absolute atomic E-state index is 0. The molecule has 0 aromatic carbocycles. The van der Waals surface area contributed by atoms with Crippen LogP contribution in [0.15, 0.2) is 0 Å². The summed E-state index contributed by atoms with van der Waals surface area (Å²) < 4.78 is 0. The maximum atomic E-state index is 9.88. The molecule has 4 atom stereocenters. The van der Waals surface area contributed by atoms with Gasteiger partial charge in [0.05, 0.1) is 23.9 Å². The van der Waals surface area contributed by atoms with Crippen LogP contribution in [-0.4, -0.2) is 92.3 Å². The molecule has 0 saturated carbocycles. The second-order valence-corrected chi connectivity index (χ2v) is 7.43. The van der Waals surface area contributed by atoms with E-state index in [0.717, 1.165) is 0 Å². The topological polar surface area (TPSA) is 414 Å². The first-order valence-electron chi connectivity index (χ1n) is 10.9. The number of hydrogen-bond acceptors (Lipinski definition) is 16. The molecule has 0 aromatic heterocycles. The second kappa shape index (κ2) is 28.0. The molecule has 0 fully saturated rings. The standard InChI is InChI=1S/4C5H9NO4.Zr/c4*6-3(5(9)10)1-2-4(7)8;/h4*3H,1-2,6H2,(H,7,8)(H,9,10);/q;;;;+4/p-4/t4*3-;/m0000./s1. The minimum Gasteiger partial charge on any atom is -0.548 e. The molecule has 0 spiro atoms. The fraction of sp³-hybridized carbons (Fsp3) is 0.600. The smallest absolute Gasteiger partial charge is 0.548 e. The Kier molecular flexibility index (Phi) is 32.3. The summed E-state index contributed by atoms with van der Waals surface area (Å²) in [5.41, 5.74) is 19.8. The molecule has 0 radical (unpaired) electrons. The number of carboxylic acid groups (broad SMARTS) is 8. The monoisotopic (exact) mass is 674 g/mol. The molecule has 0 unspecified atom stereocenters. The Labute approximate surface area is 251 Å². The first-order chi connectivity index (χ1) is 18.1. The van der Waals surface area contributed by atoms with Crippen LogP contribution in [-0.2, 0) is 64.6 Å². The summed E-state index contributed by atoms with van der Waals surface area (Å²) in [5, 5.41) is 71.8. The maximum absolute atomic E-state index is 9.88. The molecular formula is C20H32N4O16Zr. The van der Waals surface area contributed by atoms with Crippen molar-refractivity contribution in [3.8, 4) is 0 Å². The SMILES string of the molecule is N[C@@H](CCC(=O)O)C(=O)[O-].N[C@@H](CCC(=O)O)C(=O)[O-].N[C@@H](CCC(=O)O)C(=O)[O-].N[C@@H](CCC(=O)O)C(=O)[O-].[Zr+4]. The molecule has 0 aliphatic carbocycles. The van der Waals surface area contributed by atoms with Gasteiger partial charge in [-0.05, 0) is 25.7 Å². The van der Waals surface area contributed by atoms with Crippen LogP contribution in [0.4, 0.5) is 0 Å². The van der Waals surface area contributed by atoms with Crippen molar-refractivity contribution >= 4 is 47.8 Å². The van der Waals surface area contributed by atoms with Gasteiger partial charge in [-0.2, -0.15) is 0 Å². The number of carbonyl (C=O) groups excluding carboxylic acids is 4. The van der Waals surface area contributed by atoms with Gasteiger partial charge in [-0.15, -0.1) is 0 Å². The van der Waals surface area contributed by atoms with Crippen molar-refractivity contribution in [2.24, 2.45) is 22.9 Å². The summed E-state index contributed by atoms with van der Waals surface area (Å²) in [6, 6.07) is -4.68. The number of nitrogens with two attached hydrogens (primary N) is 4. The Hall–Kier alpha value is -3.52. The van der Waals surface area contributed by atoms with Gasteiger partial charge in [-0.25, -0.2) is 0 Å². The van der Waals surface area contributed by atoms with Gasteiger partial charge in [-0.3, -0.25) is 19.2 Å². The molecule has 0 heterocycles. The Morgan fingerprint density at radius 1 is 0.415 bits per heavy atom. The normalized spacial score (nSPS) is 12.2. The van der Waals surface area contributed by atoms with E-state index in [1.54, 1.807) is 0 Å². The molecule has 12 N–H and O–H groups in total. The molecule has 20 nitrogen and oxygen atoms in total. The average Bonchev–Trinajstić information content (AvgIpc) is 2.83. The van der Waals surface area contributed by atoms with E-state index in [2.05, 4.69) is 0 Å². The van der Waals surface area contributed by atoms with Gasteiger partial charge in [-0.1, -0.05) is 0 Å². The number of hydrogen-bond donors (Lipinski definition) is 8. The Bertz CT molecular complexity index is 721. The number of rotatable bonds is 16. The Balaban J connectivity index is -0.000000139. The summed E-state index contributed by atoms with van der Waals surface area (Å²) in [7, 11) is 0. The third-order valence-corrected chi connectivity index (χ3v) is 3.89. The van der Waals surface area contributed by atoms with Gasteiger partial charge in [0, 0.05) is 49.9 Å². The van der Waals surface area contributed by atoms with E-state index < -0.39 is 71.9 Å². The van der Waals surface area contributed by atoms with E-state index in [1.165, 1.54) is 0 Å². The number of carboxylic acids is 8. The Morgan fingerprint density at radius 2 is 0.537 bits per heavy atom. The van der Waals surface area contributed by atoms with Crippen molar-refractivity contribution in [2.75, 3.05) is 0 Å². The van der Waals surface area contributed by atoms with Crippen molar-refractivity contribution in [3.63, 3.8) is 0 Å². The van der Waals surface area contributed by atoms with E-state index in [1.807, 2.05) is 0 Å². The molecule has 0 saturated heterocycles. The van der Waals surface area contributed by atoms with Crippen LogP contribution in [0.25, 0.3) is 0 Å². The molecule has 232 valence electrons. The summed E-state index contributed by atoms with van der Waals surface area (Å²) in [6.07, 6.45) is -1.31.